The molecule has 0 heterocycles. The van der Waals surface area contributed by atoms with Gasteiger partial charge in [0.05, 0.1) is 0 Å². The highest BCUT2D eigenvalue weighted by molar-refractivity contribution is 5.86. The standard InChI is InChI=1S/C15H26O/c1-14(2,3)15(9-5-4-6-10-15)13(16)11-12-7-8-12/h12H,4-11H2,1-3H3. The maximum absolute atomic E-state index is 12.6. The van der Waals surface area contributed by atoms with Crippen LogP contribution in [0.15, 0.2) is 0 Å². The molecule has 0 bridgehead atoms. The lowest BCUT2D eigenvalue weighted by Gasteiger charge is -2.46. The van der Waals surface area contributed by atoms with Crippen LogP contribution in [0.2, 0.25) is 0 Å². The van der Waals surface area contributed by atoms with Crippen molar-refractivity contribution < 1.29 is 4.79 Å². The number of Topliss-reactive ketones (excluding diaryl/α,β-unsaturated/α-hetero) is 1. The van der Waals surface area contributed by atoms with Gasteiger partial charge in [0.2, 0.25) is 0 Å². The Labute approximate surface area is 100.0 Å². The maximum atomic E-state index is 12.6. The van der Waals surface area contributed by atoms with Crippen LogP contribution in [0.1, 0.15) is 72.1 Å². The van der Waals surface area contributed by atoms with Crippen molar-refractivity contribution >= 4 is 5.78 Å². The topological polar surface area (TPSA) is 17.1 Å². The fraction of sp³-hybridized carbons (Fsp3) is 0.933. The SMILES string of the molecule is CC(C)(C)C1(C(=O)CC2CC2)CCCCC1. The normalized spacial score (nSPS) is 25.4. The van der Waals surface area contributed by atoms with Gasteiger partial charge in [0.15, 0.2) is 0 Å². The zero-order valence-electron chi connectivity index (χ0n) is 11.1. The number of hydrogen-bond acceptors (Lipinski definition) is 1. The Morgan fingerprint density at radius 1 is 1.12 bits per heavy atom. The van der Waals surface area contributed by atoms with Crippen LogP contribution in [-0.2, 0) is 4.79 Å². The molecule has 2 fully saturated rings. The third kappa shape index (κ3) is 2.19. The molecule has 0 radical (unpaired) electrons. The zero-order valence-corrected chi connectivity index (χ0v) is 11.1. The fourth-order valence-electron chi connectivity index (χ4n) is 3.38. The van der Waals surface area contributed by atoms with Crippen LogP contribution in [0.4, 0.5) is 0 Å². The molecule has 0 amide bonds. The van der Waals surface area contributed by atoms with E-state index in [1.165, 1.54) is 32.1 Å². The second kappa shape index (κ2) is 4.16. The van der Waals surface area contributed by atoms with Crippen molar-refractivity contribution in [1.29, 1.82) is 0 Å². The first-order chi connectivity index (χ1) is 7.46. The summed E-state index contributed by atoms with van der Waals surface area (Å²) < 4.78 is 0. The van der Waals surface area contributed by atoms with Gasteiger partial charge >= 0.3 is 0 Å². The van der Waals surface area contributed by atoms with Crippen LogP contribution in [0.3, 0.4) is 0 Å². The molecule has 2 rings (SSSR count). The van der Waals surface area contributed by atoms with Crippen molar-refractivity contribution in [3.8, 4) is 0 Å². The molecule has 0 unspecified atom stereocenters. The van der Waals surface area contributed by atoms with Crippen LogP contribution < -0.4 is 0 Å². The summed E-state index contributed by atoms with van der Waals surface area (Å²) in [6, 6.07) is 0. The summed E-state index contributed by atoms with van der Waals surface area (Å²) in [5, 5.41) is 0. The van der Waals surface area contributed by atoms with Gasteiger partial charge < -0.3 is 0 Å². The molecule has 2 aliphatic rings. The van der Waals surface area contributed by atoms with Gasteiger partial charge in [0, 0.05) is 11.8 Å². The van der Waals surface area contributed by atoms with Gasteiger partial charge in [-0.1, -0.05) is 40.0 Å². The highest BCUT2D eigenvalue weighted by Crippen LogP contribution is 2.52. The maximum Gasteiger partial charge on any atom is 0.139 e. The lowest BCUT2D eigenvalue weighted by Crippen LogP contribution is -2.44. The molecular weight excluding hydrogens is 196 g/mol. The molecule has 0 aliphatic heterocycles. The van der Waals surface area contributed by atoms with E-state index in [4.69, 9.17) is 0 Å². The predicted octanol–water partition coefficient (Wildman–Crippen LogP) is 4.35. The van der Waals surface area contributed by atoms with Crippen molar-refractivity contribution in [3.05, 3.63) is 0 Å². The van der Waals surface area contributed by atoms with Gasteiger partial charge in [0.25, 0.3) is 0 Å². The summed E-state index contributed by atoms with van der Waals surface area (Å²) in [4.78, 5) is 12.6. The Morgan fingerprint density at radius 2 is 1.69 bits per heavy atom. The van der Waals surface area contributed by atoms with Crippen molar-refractivity contribution in [2.24, 2.45) is 16.7 Å². The largest absolute Gasteiger partial charge is 0.299 e. The average Bonchev–Trinajstić information content (AvgIpc) is 3.01. The minimum atomic E-state index is 0.00778. The third-order valence-electron chi connectivity index (χ3n) is 4.85. The molecule has 0 N–H and O–H groups in total. The summed E-state index contributed by atoms with van der Waals surface area (Å²) in [7, 11) is 0. The van der Waals surface area contributed by atoms with Gasteiger partial charge in [-0.3, -0.25) is 4.79 Å². The molecule has 0 aromatic rings. The first kappa shape index (κ1) is 12.1. The van der Waals surface area contributed by atoms with E-state index in [0.717, 1.165) is 25.2 Å². The van der Waals surface area contributed by atoms with Crippen LogP contribution in [0.25, 0.3) is 0 Å². The lowest BCUT2D eigenvalue weighted by molar-refractivity contribution is -0.138. The second-order valence-electron chi connectivity index (χ2n) is 6.96. The van der Waals surface area contributed by atoms with Gasteiger partial charge in [-0.05, 0) is 37.0 Å². The Bertz CT molecular complexity index is 262. The van der Waals surface area contributed by atoms with Crippen LogP contribution in [-0.4, -0.2) is 5.78 Å². The minimum absolute atomic E-state index is 0.00778. The second-order valence-corrected chi connectivity index (χ2v) is 6.96. The van der Waals surface area contributed by atoms with Gasteiger partial charge in [-0.25, -0.2) is 0 Å². The van der Waals surface area contributed by atoms with Crippen LogP contribution >= 0.6 is 0 Å². The number of hydrogen-bond donors (Lipinski definition) is 0. The summed E-state index contributed by atoms with van der Waals surface area (Å²) in [6.45, 7) is 6.80. The molecule has 92 valence electrons. The predicted molar refractivity (Wildman–Crippen MR) is 67.3 cm³/mol. The summed E-state index contributed by atoms with van der Waals surface area (Å²) in [5.74, 6) is 1.33. The van der Waals surface area contributed by atoms with Gasteiger partial charge in [-0.15, -0.1) is 0 Å². The third-order valence-corrected chi connectivity index (χ3v) is 4.85. The summed E-state index contributed by atoms with van der Waals surface area (Å²) in [5.41, 5.74) is 0.160. The van der Waals surface area contributed by atoms with Crippen molar-refractivity contribution in [2.45, 2.75) is 72.1 Å². The van der Waals surface area contributed by atoms with Gasteiger partial charge in [0.1, 0.15) is 5.78 Å². The van der Waals surface area contributed by atoms with E-state index in [1.807, 2.05) is 0 Å². The number of ketones is 1. The Morgan fingerprint density at radius 3 is 2.12 bits per heavy atom. The molecule has 2 saturated carbocycles. The van der Waals surface area contributed by atoms with E-state index in [2.05, 4.69) is 20.8 Å². The lowest BCUT2D eigenvalue weighted by atomic mass is 9.56. The molecule has 0 aromatic heterocycles. The zero-order chi connectivity index (χ0) is 11.8. The number of rotatable bonds is 3. The van der Waals surface area contributed by atoms with E-state index in [9.17, 15) is 4.79 Å². The first-order valence-electron chi connectivity index (χ1n) is 6.99. The minimum Gasteiger partial charge on any atom is -0.299 e. The van der Waals surface area contributed by atoms with Crippen LogP contribution in [0.5, 0.6) is 0 Å². The molecule has 0 aromatic carbocycles. The van der Waals surface area contributed by atoms with E-state index in [0.29, 0.717) is 5.78 Å². The summed E-state index contributed by atoms with van der Waals surface area (Å²) >= 11 is 0. The quantitative estimate of drug-likeness (QED) is 0.693. The molecule has 0 spiro atoms. The molecule has 2 aliphatic carbocycles. The molecule has 1 heteroatoms. The summed E-state index contributed by atoms with van der Waals surface area (Å²) in [6.07, 6.45) is 9.59. The molecule has 0 atom stereocenters. The van der Waals surface area contributed by atoms with E-state index in [-0.39, 0.29) is 10.8 Å². The van der Waals surface area contributed by atoms with E-state index < -0.39 is 0 Å². The van der Waals surface area contributed by atoms with Crippen molar-refractivity contribution in [1.82, 2.24) is 0 Å². The fourth-order valence-corrected chi connectivity index (χ4v) is 3.38. The molecular formula is C15H26O. The van der Waals surface area contributed by atoms with Crippen LogP contribution in [0, 0.1) is 16.7 Å². The van der Waals surface area contributed by atoms with Gasteiger partial charge in [-0.2, -0.15) is 0 Å². The number of carbonyl (C=O) groups is 1. The highest BCUT2D eigenvalue weighted by atomic mass is 16.1. The smallest absolute Gasteiger partial charge is 0.139 e. The average molecular weight is 222 g/mol. The molecule has 0 saturated heterocycles. The van der Waals surface area contributed by atoms with E-state index in [1.54, 1.807) is 0 Å². The monoisotopic (exact) mass is 222 g/mol. The number of carbonyl (C=O) groups excluding carboxylic acids is 1. The van der Waals surface area contributed by atoms with Crippen molar-refractivity contribution in [2.75, 3.05) is 0 Å². The molecule has 1 nitrogen and oxygen atoms in total. The highest BCUT2D eigenvalue weighted by Gasteiger charge is 2.48. The van der Waals surface area contributed by atoms with Crippen molar-refractivity contribution in [3.63, 3.8) is 0 Å². The van der Waals surface area contributed by atoms with E-state index >= 15 is 0 Å². The Balaban J connectivity index is 2.14. The first-order valence-corrected chi connectivity index (χ1v) is 6.99. The Hall–Kier alpha value is -0.330. The molecule has 16 heavy (non-hydrogen) atoms. The Kier molecular flexibility index (Phi) is 3.16.